The molecule has 0 aliphatic heterocycles. The molecule has 16 heavy (non-hydrogen) atoms. The van der Waals surface area contributed by atoms with Crippen LogP contribution < -0.4 is 4.74 Å². The first-order chi connectivity index (χ1) is 7.42. The van der Waals surface area contributed by atoms with Crippen LogP contribution >= 0.6 is 34.6 Å². The van der Waals surface area contributed by atoms with Gasteiger partial charge in [-0.3, -0.25) is 0 Å². The highest BCUT2D eigenvalue weighted by Gasteiger charge is 2.29. The highest BCUT2D eigenvalue weighted by atomic mass is 127. The molecule has 1 aromatic heterocycles. The summed E-state index contributed by atoms with van der Waals surface area (Å²) < 4.78 is 44.8. The number of hydrogen-bond donors (Lipinski definition) is 0. The van der Waals surface area contributed by atoms with Crippen molar-refractivity contribution in [2.24, 2.45) is 0 Å². The van der Waals surface area contributed by atoms with Crippen LogP contribution in [0.15, 0.2) is 12.3 Å². The van der Waals surface area contributed by atoms with E-state index < -0.39 is 12.8 Å². The number of ether oxygens (including phenoxy) is 1. The molecule has 0 saturated heterocycles. The first-order valence-corrected chi connectivity index (χ1v) is 5.26. The molecule has 0 aliphatic rings. The van der Waals surface area contributed by atoms with Crippen LogP contribution in [0.2, 0.25) is 5.02 Å². The van der Waals surface area contributed by atoms with E-state index in [9.17, 15) is 13.2 Å². The van der Waals surface area contributed by atoms with Crippen molar-refractivity contribution >= 4 is 34.6 Å². The van der Waals surface area contributed by atoms with Crippen molar-refractivity contribution in [2.75, 3.05) is 6.61 Å². The Bertz CT molecular complexity index is 362. The van der Waals surface area contributed by atoms with Gasteiger partial charge in [-0.15, -0.1) is 0 Å². The van der Waals surface area contributed by atoms with Crippen molar-refractivity contribution in [3.05, 3.63) is 22.8 Å². The number of hydrogen-bond acceptors (Lipinski definition) is 3. The van der Waals surface area contributed by atoms with Gasteiger partial charge >= 0.3 is 6.18 Å². The van der Waals surface area contributed by atoms with E-state index in [0.29, 0.717) is 5.56 Å². The second kappa shape index (κ2) is 5.87. The Balaban J connectivity index is 2.68. The summed E-state index contributed by atoms with van der Waals surface area (Å²) in [4.78, 5) is 3.66. The fourth-order valence-corrected chi connectivity index (χ4v) is 1.47. The standard InChI is InChI=1S/C8H6ClF3INO2/c9-6-1-5(3-16-13)2-14-7(6)15-4-8(10,11)12/h1-2H,3-4H2. The Morgan fingerprint density at radius 1 is 1.44 bits per heavy atom. The third-order valence-corrected chi connectivity index (χ3v) is 2.04. The number of pyridine rings is 1. The first-order valence-electron chi connectivity index (χ1n) is 4.00. The van der Waals surface area contributed by atoms with Crippen LogP contribution in [0.4, 0.5) is 13.2 Å². The molecular formula is C8H6ClF3INO2. The van der Waals surface area contributed by atoms with Gasteiger partial charge in [0, 0.05) is 6.20 Å². The van der Waals surface area contributed by atoms with Gasteiger partial charge in [0.25, 0.3) is 0 Å². The summed E-state index contributed by atoms with van der Waals surface area (Å²) >= 11 is 7.37. The summed E-state index contributed by atoms with van der Waals surface area (Å²) in [6.45, 7) is -1.14. The lowest BCUT2D eigenvalue weighted by atomic mass is 10.3. The fourth-order valence-electron chi connectivity index (χ4n) is 0.863. The average molecular weight is 367 g/mol. The lowest BCUT2D eigenvalue weighted by molar-refractivity contribution is -0.154. The molecule has 0 aromatic carbocycles. The quantitative estimate of drug-likeness (QED) is 0.763. The lowest BCUT2D eigenvalue weighted by Gasteiger charge is -2.09. The smallest absolute Gasteiger partial charge is 0.422 e. The zero-order valence-corrected chi connectivity index (χ0v) is 10.6. The van der Waals surface area contributed by atoms with Gasteiger partial charge in [0.2, 0.25) is 5.88 Å². The van der Waals surface area contributed by atoms with E-state index in [2.05, 4.69) is 9.72 Å². The Morgan fingerprint density at radius 2 is 2.12 bits per heavy atom. The highest BCUT2D eigenvalue weighted by Crippen LogP contribution is 2.25. The predicted molar refractivity (Wildman–Crippen MR) is 59.6 cm³/mol. The van der Waals surface area contributed by atoms with Crippen LogP contribution in [0.3, 0.4) is 0 Å². The summed E-state index contributed by atoms with van der Waals surface area (Å²) in [6, 6.07) is 1.44. The van der Waals surface area contributed by atoms with Crippen LogP contribution in [-0.4, -0.2) is 17.8 Å². The summed E-state index contributed by atoms with van der Waals surface area (Å²) in [5, 5.41) is 0.0233. The number of rotatable bonds is 4. The first kappa shape index (κ1) is 13.8. The van der Waals surface area contributed by atoms with E-state index in [1.165, 1.54) is 12.3 Å². The van der Waals surface area contributed by atoms with Crippen LogP contribution in [0, 0.1) is 0 Å². The number of halogens is 5. The molecule has 0 unspecified atom stereocenters. The molecule has 1 rings (SSSR count). The van der Waals surface area contributed by atoms with Gasteiger partial charge < -0.3 is 7.80 Å². The van der Waals surface area contributed by atoms with Crippen molar-refractivity contribution in [3.8, 4) is 5.88 Å². The van der Waals surface area contributed by atoms with Crippen LogP contribution in [0.5, 0.6) is 5.88 Å². The number of nitrogens with zero attached hydrogens (tertiary/aromatic N) is 1. The molecule has 0 fully saturated rings. The Labute approximate surface area is 109 Å². The molecule has 3 nitrogen and oxygen atoms in total. The maximum absolute atomic E-state index is 11.9. The van der Waals surface area contributed by atoms with E-state index in [0.717, 1.165) is 0 Å². The highest BCUT2D eigenvalue weighted by molar-refractivity contribution is 14.1. The van der Waals surface area contributed by atoms with Gasteiger partial charge in [-0.05, 0) is 11.6 Å². The molecule has 0 aliphatic carbocycles. The Hall–Kier alpha value is -0.280. The average Bonchev–Trinajstić information content (AvgIpc) is 2.15. The molecule has 0 N–H and O–H groups in total. The summed E-state index contributed by atoms with van der Waals surface area (Å²) in [5.41, 5.74) is 0.652. The number of aromatic nitrogens is 1. The monoisotopic (exact) mass is 367 g/mol. The third kappa shape index (κ3) is 4.71. The predicted octanol–water partition coefficient (Wildman–Crippen LogP) is 3.54. The second-order valence-electron chi connectivity index (χ2n) is 2.79. The third-order valence-electron chi connectivity index (χ3n) is 1.46. The number of alkyl halides is 3. The molecule has 1 aromatic rings. The van der Waals surface area contributed by atoms with Gasteiger partial charge in [0.15, 0.2) is 6.61 Å². The molecule has 0 radical (unpaired) electrons. The van der Waals surface area contributed by atoms with E-state index in [4.69, 9.17) is 14.7 Å². The van der Waals surface area contributed by atoms with Crippen LogP contribution in [0.1, 0.15) is 5.56 Å². The van der Waals surface area contributed by atoms with Gasteiger partial charge in [0.1, 0.15) is 28.0 Å². The minimum absolute atomic E-state index is 0.0233. The Morgan fingerprint density at radius 3 is 2.62 bits per heavy atom. The molecule has 1 heterocycles. The molecular weight excluding hydrogens is 361 g/mol. The van der Waals surface area contributed by atoms with Gasteiger partial charge in [-0.1, -0.05) is 11.6 Å². The van der Waals surface area contributed by atoms with Crippen molar-refractivity contribution in [2.45, 2.75) is 12.8 Å². The Kier molecular flexibility index (Phi) is 5.06. The molecule has 0 spiro atoms. The van der Waals surface area contributed by atoms with Crippen molar-refractivity contribution in [3.63, 3.8) is 0 Å². The summed E-state index contributed by atoms with van der Waals surface area (Å²) in [7, 11) is 0. The molecule has 0 amide bonds. The molecule has 0 saturated carbocycles. The van der Waals surface area contributed by atoms with E-state index in [-0.39, 0.29) is 17.5 Å². The van der Waals surface area contributed by atoms with Gasteiger partial charge in [0.05, 0.1) is 6.61 Å². The zero-order chi connectivity index (χ0) is 12.2. The summed E-state index contributed by atoms with van der Waals surface area (Å²) in [6.07, 6.45) is -3.06. The molecule has 0 atom stereocenters. The zero-order valence-electron chi connectivity index (χ0n) is 7.72. The fraction of sp³-hybridized carbons (Fsp3) is 0.375. The van der Waals surface area contributed by atoms with Gasteiger partial charge in [-0.2, -0.15) is 13.2 Å². The largest absolute Gasteiger partial charge is 0.467 e. The molecule has 0 bridgehead atoms. The minimum Gasteiger partial charge on any atom is -0.467 e. The van der Waals surface area contributed by atoms with E-state index in [1.54, 1.807) is 23.0 Å². The van der Waals surface area contributed by atoms with E-state index in [1.807, 2.05) is 0 Å². The van der Waals surface area contributed by atoms with Gasteiger partial charge in [-0.25, -0.2) is 4.98 Å². The maximum Gasteiger partial charge on any atom is 0.422 e. The van der Waals surface area contributed by atoms with E-state index >= 15 is 0 Å². The van der Waals surface area contributed by atoms with Crippen molar-refractivity contribution in [1.82, 2.24) is 4.98 Å². The molecule has 8 heteroatoms. The SMILES string of the molecule is FC(F)(F)COc1ncc(COI)cc1Cl. The minimum atomic E-state index is -4.41. The van der Waals surface area contributed by atoms with Crippen LogP contribution in [0.25, 0.3) is 0 Å². The van der Waals surface area contributed by atoms with Crippen molar-refractivity contribution in [1.29, 1.82) is 0 Å². The lowest BCUT2D eigenvalue weighted by Crippen LogP contribution is -2.19. The van der Waals surface area contributed by atoms with Crippen LogP contribution in [-0.2, 0) is 9.67 Å². The second-order valence-corrected chi connectivity index (χ2v) is 3.82. The topological polar surface area (TPSA) is 31.4 Å². The summed E-state index contributed by atoms with van der Waals surface area (Å²) in [5.74, 6) is -0.240. The molecule has 90 valence electrons. The normalized spacial score (nSPS) is 11.6. The van der Waals surface area contributed by atoms with Crippen molar-refractivity contribution < 1.29 is 21.0 Å². The maximum atomic E-state index is 11.9.